The van der Waals surface area contributed by atoms with Crippen molar-refractivity contribution in [1.82, 2.24) is 0 Å². The number of cyclic esters (lactones) is 2. The fraction of sp³-hybridized carbons (Fsp3) is 0.500. The predicted octanol–water partition coefficient (Wildman–Crippen LogP) is 1.19. The highest BCUT2D eigenvalue weighted by molar-refractivity contribution is 6.08. The third kappa shape index (κ3) is 1.90. The van der Waals surface area contributed by atoms with Crippen LogP contribution in [0.3, 0.4) is 0 Å². The summed E-state index contributed by atoms with van der Waals surface area (Å²) in [5, 5.41) is 0. The van der Waals surface area contributed by atoms with Gasteiger partial charge in [-0.25, -0.2) is 9.59 Å². The first-order chi connectivity index (χ1) is 5.24. The minimum absolute atomic E-state index is 0.469. The zero-order valence-corrected chi connectivity index (χ0v) is 6.42. The highest BCUT2D eigenvalue weighted by atomic mass is 16.6. The van der Waals surface area contributed by atoms with E-state index in [1.807, 2.05) is 6.92 Å². The highest BCUT2D eigenvalue weighted by Gasteiger charge is 2.22. The average molecular weight is 154 g/mol. The molecule has 0 saturated heterocycles. The molecule has 0 spiro atoms. The monoisotopic (exact) mass is 154 g/mol. The quantitative estimate of drug-likeness (QED) is 0.453. The van der Waals surface area contributed by atoms with Crippen LogP contribution in [0.5, 0.6) is 0 Å². The summed E-state index contributed by atoms with van der Waals surface area (Å²) in [5.41, 5.74) is 0.511. The Bertz CT molecular complexity index is 215. The van der Waals surface area contributed by atoms with Crippen LogP contribution in [0.2, 0.25) is 0 Å². The summed E-state index contributed by atoms with van der Waals surface area (Å²) in [6, 6.07) is 0. The predicted molar refractivity (Wildman–Crippen MR) is 38.7 cm³/mol. The number of hydrogen-bond donors (Lipinski definition) is 0. The molecule has 0 aromatic heterocycles. The van der Waals surface area contributed by atoms with Crippen LogP contribution in [-0.2, 0) is 14.3 Å². The van der Waals surface area contributed by atoms with Crippen LogP contribution in [0.25, 0.3) is 0 Å². The maximum absolute atomic E-state index is 10.8. The second-order valence-electron chi connectivity index (χ2n) is 2.48. The van der Waals surface area contributed by atoms with Crippen molar-refractivity contribution in [1.29, 1.82) is 0 Å². The maximum Gasteiger partial charge on any atom is 0.342 e. The average Bonchev–Trinajstić information content (AvgIpc) is 2.26. The molecule has 0 N–H and O–H groups in total. The Morgan fingerprint density at radius 1 is 1.45 bits per heavy atom. The van der Waals surface area contributed by atoms with E-state index in [0.717, 1.165) is 12.8 Å². The summed E-state index contributed by atoms with van der Waals surface area (Å²) in [4.78, 5) is 21.3. The number of hydrogen-bond acceptors (Lipinski definition) is 3. The van der Waals surface area contributed by atoms with Gasteiger partial charge in [0.1, 0.15) is 0 Å². The Labute approximate surface area is 65.0 Å². The molecule has 0 fully saturated rings. The molecular formula is C8H10O3. The number of unbranched alkanes of at least 4 members (excludes halogenated alkanes) is 1. The standard InChI is InChI=1S/C8H10O3/c1-2-3-4-6-5-7(9)11-8(6)10/h5H,2-4H2,1H3. The first-order valence-corrected chi connectivity index (χ1v) is 3.70. The van der Waals surface area contributed by atoms with Gasteiger partial charge >= 0.3 is 11.9 Å². The van der Waals surface area contributed by atoms with Crippen molar-refractivity contribution in [2.75, 3.05) is 0 Å². The molecule has 11 heavy (non-hydrogen) atoms. The van der Waals surface area contributed by atoms with Gasteiger partial charge in [0.15, 0.2) is 0 Å². The van der Waals surface area contributed by atoms with Crippen LogP contribution in [0.1, 0.15) is 26.2 Å². The molecule has 3 heteroatoms. The van der Waals surface area contributed by atoms with Gasteiger partial charge in [-0.1, -0.05) is 13.3 Å². The van der Waals surface area contributed by atoms with Gasteiger partial charge in [-0.15, -0.1) is 0 Å². The molecular weight excluding hydrogens is 144 g/mol. The van der Waals surface area contributed by atoms with E-state index in [1.54, 1.807) is 0 Å². The van der Waals surface area contributed by atoms with Gasteiger partial charge in [-0.3, -0.25) is 0 Å². The van der Waals surface area contributed by atoms with E-state index in [9.17, 15) is 9.59 Å². The summed E-state index contributed by atoms with van der Waals surface area (Å²) in [6.45, 7) is 2.03. The second-order valence-corrected chi connectivity index (χ2v) is 2.48. The van der Waals surface area contributed by atoms with Crippen LogP contribution < -0.4 is 0 Å². The van der Waals surface area contributed by atoms with Gasteiger partial charge in [0.05, 0.1) is 0 Å². The van der Waals surface area contributed by atoms with E-state index in [4.69, 9.17) is 0 Å². The van der Waals surface area contributed by atoms with Gasteiger partial charge in [0.25, 0.3) is 0 Å². The topological polar surface area (TPSA) is 43.4 Å². The lowest BCUT2D eigenvalue weighted by Gasteiger charge is -1.94. The van der Waals surface area contributed by atoms with Gasteiger partial charge in [-0.2, -0.15) is 0 Å². The van der Waals surface area contributed by atoms with Crippen molar-refractivity contribution in [2.45, 2.75) is 26.2 Å². The summed E-state index contributed by atoms with van der Waals surface area (Å²) in [5.74, 6) is -0.996. The van der Waals surface area contributed by atoms with Crippen LogP contribution in [0.15, 0.2) is 11.6 Å². The Hall–Kier alpha value is -1.12. The molecule has 1 aliphatic rings. The fourth-order valence-corrected chi connectivity index (χ4v) is 0.929. The van der Waals surface area contributed by atoms with E-state index in [-0.39, 0.29) is 0 Å². The van der Waals surface area contributed by atoms with Gasteiger partial charge in [-0.05, 0) is 12.8 Å². The highest BCUT2D eigenvalue weighted by Crippen LogP contribution is 2.14. The number of esters is 2. The lowest BCUT2D eigenvalue weighted by atomic mass is 10.1. The third-order valence-electron chi connectivity index (χ3n) is 1.55. The maximum atomic E-state index is 10.8. The van der Waals surface area contributed by atoms with E-state index in [2.05, 4.69) is 4.74 Å². The Kier molecular flexibility index (Phi) is 2.41. The molecule has 60 valence electrons. The molecule has 0 aliphatic carbocycles. The van der Waals surface area contributed by atoms with Crippen LogP contribution in [-0.4, -0.2) is 11.9 Å². The lowest BCUT2D eigenvalue weighted by Crippen LogP contribution is -2.01. The number of carbonyl (C=O) groups is 2. The van der Waals surface area contributed by atoms with Crippen molar-refractivity contribution in [3.63, 3.8) is 0 Å². The minimum Gasteiger partial charge on any atom is -0.386 e. The van der Waals surface area contributed by atoms with Crippen molar-refractivity contribution in [3.8, 4) is 0 Å². The van der Waals surface area contributed by atoms with E-state index >= 15 is 0 Å². The largest absolute Gasteiger partial charge is 0.386 e. The normalized spacial score (nSPS) is 16.6. The molecule has 0 atom stereocenters. The molecule has 3 nitrogen and oxygen atoms in total. The first-order valence-electron chi connectivity index (χ1n) is 3.70. The van der Waals surface area contributed by atoms with E-state index < -0.39 is 11.9 Å². The molecule has 1 heterocycles. The number of ether oxygens (including phenoxy) is 1. The summed E-state index contributed by atoms with van der Waals surface area (Å²) >= 11 is 0. The SMILES string of the molecule is CCCCC1=CC(=O)OC1=O. The van der Waals surface area contributed by atoms with E-state index in [0.29, 0.717) is 12.0 Å². The van der Waals surface area contributed by atoms with Crippen LogP contribution in [0.4, 0.5) is 0 Å². The Morgan fingerprint density at radius 3 is 2.64 bits per heavy atom. The van der Waals surface area contributed by atoms with Gasteiger partial charge in [0, 0.05) is 11.6 Å². The van der Waals surface area contributed by atoms with E-state index in [1.165, 1.54) is 6.08 Å². The zero-order valence-electron chi connectivity index (χ0n) is 6.42. The summed E-state index contributed by atoms with van der Waals surface area (Å²) in [7, 11) is 0. The summed E-state index contributed by atoms with van der Waals surface area (Å²) < 4.78 is 4.30. The number of rotatable bonds is 3. The number of carbonyl (C=O) groups excluding carboxylic acids is 2. The molecule has 0 amide bonds. The first kappa shape index (κ1) is 7.98. The van der Waals surface area contributed by atoms with Crippen molar-refractivity contribution >= 4 is 11.9 Å². The Balaban J connectivity index is 2.50. The minimum atomic E-state index is -0.527. The van der Waals surface area contributed by atoms with Crippen LogP contribution >= 0.6 is 0 Å². The molecule has 0 saturated carbocycles. The second kappa shape index (κ2) is 3.32. The van der Waals surface area contributed by atoms with Crippen molar-refractivity contribution < 1.29 is 14.3 Å². The lowest BCUT2D eigenvalue weighted by molar-refractivity contribution is -0.150. The molecule has 0 aromatic carbocycles. The van der Waals surface area contributed by atoms with Gasteiger partial charge < -0.3 is 4.74 Å². The van der Waals surface area contributed by atoms with Crippen molar-refractivity contribution in [3.05, 3.63) is 11.6 Å². The molecule has 0 radical (unpaired) electrons. The summed E-state index contributed by atoms with van der Waals surface area (Å²) in [6.07, 6.45) is 3.87. The molecule has 1 aliphatic heterocycles. The molecule has 0 bridgehead atoms. The smallest absolute Gasteiger partial charge is 0.342 e. The molecule has 0 aromatic rings. The van der Waals surface area contributed by atoms with Crippen molar-refractivity contribution in [2.24, 2.45) is 0 Å². The fourth-order valence-electron chi connectivity index (χ4n) is 0.929. The zero-order chi connectivity index (χ0) is 8.27. The molecule has 0 unspecified atom stereocenters. The molecule has 1 rings (SSSR count). The Morgan fingerprint density at radius 2 is 2.18 bits per heavy atom. The third-order valence-corrected chi connectivity index (χ3v) is 1.55. The van der Waals surface area contributed by atoms with Crippen LogP contribution in [0, 0.1) is 0 Å². The van der Waals surface area contributed by atoms with Gasteiger partial charge in [0.2, 0.25) is 0 Å².